The van der Waals surface area contributed by atoms with Crippen LogP contribution in [0.25, 0.3) is 5.78 Å². The second-order valence-electron chi connectivity index (χ2n) is 11.3. The van der Waals surface area contributed by atoms with Crippen molar-refractivity contribution in [3.05, 3.63) is 168 Å². The molecular weight excluding hydrogens is 656 g/mol. The lowest BCUT2D eigenvalue weighted by Gasteiger charge is -2.43. The molecule has 6 aromatic rings. The number of aromatic nitrogens is 4. The molecule has 0 spiro atoms. The quantitative estimate of drug-likeness (QED) is 0.148. The number of hydrogen-bond acceptors (Lipinski definition) is 12. The van der Waals surface area contributed by atoms with E-state index in [1.807, 2.05) is 0 Å². The van der Waals surface area contributed by atoms with Crippen molar-refractivity contribution in [1.29, 1.82) is 0 Å². The van der Waals surface area contributed by atoms with Gasteiger partial charge in [-0.05, 0) is 54.6 Å². The van der Waals surface area contributed by atoms with Crippen molar-refractivity contribution in [1.82, 2.24) is 19.6 Å². The minimum Gasteiger partial charge on any atom is -0.451 e. The van der Waals surface area contributed by atoms with E-state index in [1.54, 1.807) is 97.2 Å². The van der Waals surface area contributed by atoms with Crippen molar-refractivity contribution in [3.63, 3.8) is 0 Å². The lowest BCUT2D eigenvalue weighted by molar-refractivity contribution is -0.282. The summed E-state index contributed by atoms with van der Waals surface area (Å²) in [4.78, 5) is 58.9. The first kappa shape index (κ1) is 32.8. The Bertz CT molecular complexity index is 2150. The molecule has 1 aliphatic heterocycles. The Kier molecular flexibility index (Phi) is 9.52. The van der Waals surface area contributed by atoms with Crippen LogP contribution in [0.15, 0.2) is 140 Å². The van der Waals surface area contributed by atoms with Gasteiger partial charge in [-0.25, -0.2) is 24.2 Å². The molecule has 1 aliphatic rings. The fourth-order valence-electron chi connectivity index (χ4n) is 5.50. The fraction of sp³-hybridized carbons (Fsp3) is 0.132. The number of carbonyl (C=O) groups is 4. The van der Waals surface area contributed by atoms with Gasteiger partial charge in [0.2, 0.25) is 12.4 Å². The normalized spacial score (nSPS) is 19.8. The molecule has 51 heavy (non-hydrogen) atoms. The fourth-order valence-corrected chi connectivity index (χ4v) is 5.50. The van der Waals surface area contributed by atoms with Crippen molar-refractivity contribution in [2.24, 2.45) is 0 Å². The van der Waals surface area contributed by atoms with Gasteiger partial charge in [0.25, 0.3) is 5.78 Å². The third kappa shape index (κ3) is 7.19. The highest BCUT2D eigenvalue weighted by atomic mass is 16.7. The third-order valence-electron chi connectivity index (χ3n) is 7.96. The van der Waals surface area contributed by atoms with Gasteiger partial charge in [-0.1, -0.05) is 72.8 Å². The van der Waals surface area contributed by atoms with Crippen LogP contribution in [0.3, 0.4) is 0 Å². The molecule has 0 radical (unpaired) electrons. The van der Waals surface area contributed by atoms with Crippen molar-refractivity contribution < 1.29 is 42.9 Å². The number of carbonyl (C=O) groups excluding carboxylic acids is 4. The van der Waals surface area contributed by atoms with Crippen LogP contribution in [0, 0.1) is 0 Å². The standard InChI is InChI=1S/C38H28N4O9/c43-33(24-14-5-1-6-15-24)47-28-29(48-34(44)25-16-7-2-8-17-25)31(49-35(45)26-18-9-3-10-19-26)37(51-36(46)27-20-11-4-12-21-27)50-30(28)32-40-41-38-39-22-13-23-42(32)38/h1-23,28-31,37H/t28-,29?,30?,31?,37-/m0/s1. The zero-order valence-corrected chi connectivity index (χ0v) is 26.6. The SMILES string of the molecule is O=C(OC1C(OC(=O)c2ccccc2)[C@H](OC(=O)c2ccccc2)C(c2nnc3ncccn23)O[C@H]1OC(=O)c1ccccc1)c1ccccc1. The zero-order valence-electron chi connectivity index (χ0n) is 26.6. The van der Waals surface area contributed by atoms with E-state index in [0.717, 1.165) is 0 Å². The maximum atomic E-state index is 13.8. The molecule has 13 nitrogen and oxygen atoms in total. The molecule has 0 saturated carbocycles. The van der Waals surface area contributed by atoms with E-state index in [-0.39, 0.29) is 33.9 Å². The van der Waals surface area contributed by atoms with Crippen LogP contribution in [0.1, 0.15) is 53.4 Å². The van der Waals surface area contributed by atoms with Crippen LogP contribution in [0.2, 0.25) is 0 Å². The smallest absolute Gasteiger partial charge is 0.340 e. The molecule has 3 heterocycles. The van der Waals surface area contributed by atoms with Gasteiger partial charge in [-0.15, -0.1) is 10.2 Å². The molecule has 0 bridgehead atoms. The topological polar surface area (TPSA) is 158 Å². The van der Waals surface area contributed by atoms with E-state index in [2.05, 4.69) is 15.2 Å². The average Bonchev–Trinajstić information content (AvgIpc) is 3.62. The maximum absolute atomic E-state index is 13.8. The maximum Gasteiger partial charge on any atom is 0.340 e. The Morgan fingerprint density at radius 1 is 0.510 bits per heavy atom. The van der Waals surface area contributed by atoms with Crippen LogP contribution in [-0.2, 0) is 23.7 Å². The molecule has 0 N–H and O–H groups in total. The van der Waals surface area contributed by atoms with E-state index in [0.29, 0.717) is 0 Å². The molecule has 0 aliphatic carbocycles. The highest BCUT2D eigenvalue weighted by molar-refractivity contribution is 5.92. The molecule has 13 heteroatoms. The Hall–Kier alpha value is -6.73. The first-order valence-electron chi connectivity index (χ1n) is 15.8. The Morgan fingerprint density at radius 2 is 0.941 bits per heavy atom. The van der Waals surface area contributed by atoms with Crippen LogP contribution in [-0.4, -0.2) is 68.1 Å². The summed E-state index contributed by atoms with van der Waals surface area (Å²) >= 11 is 0. The minimum atomic E-state index is -1.72. The van der Waals surface area contributed by atoms with Gasteiger partial charge in [0.1, 0.15) is 0 Å². The van der Waals surface area contributed by atoms with Gasteiger partial charge >= 0.3 is 23.9 Å². The molecule has 0 amide bonds. The van der Waals surface area contributed by atoms with E-state index in [4.69, 9.17) is 23.7 Å². The molecule has 2 aromatic heterocycles. The number of ether oxygens (including phenoxy) is 5. The summed E-state index contributed by atoms with van der Waals surface area (Å²) in [5.74, 6) is -3.09. The molecule has 254 valence electrons. The van der Waals surface area contributed by atoms with Gasteiger partial charge < -0.3 is 23.7 Å². The second-order valence-corrected chi connectivity index (χ2v) is 11.3. The van der Waals surface area contributed by atoms with E-state index in [9.17, 15) is 19.2 Å². The summed E-state index contributed by atoms with van der Waals surface area (Å²) < 4.78 is 31.9. The first-order valence-corrected chi connectivity index (χ1v) is 15.8. The van der Waals surface area contributed by atoms with Gasteiger partial charge in [0, 0.05) is 12.4 Å². The molecule has 7 rings (SSSR count). The number of esters is 4. The summed E-state index contributed by atoms with van der Waals surface area (Å²) in [6, 6.07) is 33.9. The van der Waals surface area contributed by atoms with Crippen molar-refractivity contribution in [3.8, 4) is 0 Å². The number of nitrogens with zero attached hydrogens (tertiary/aromatic N) is 4. The summed E-state index contributed by atoms with van der Waals surface area (Å²) in [5, 5.41) is 8.39. The number of rotatable bonds is 9. The Labute approximate surface area is 290 Å². The summed E-state index contributed by atoms with van der Waals surface area (Å²) in [6.45, 7) is 0. The lowest BCUT2D eigenvalue weighted by atomic mass is 9.96. The summed E-state index contributed by atoms with van der Waals surface area (Å²) in [5.41, 5.74) is 0.635. The summed E-state index contributed by atoms with van der Waals surface area (Å²) in [7, 11) is 0. The molecular formula is C38H28N4O9. The second kappa shape index (κ2) is 14.8. The highest BCUT2D eigenvalue weighted by Crippen LogP contribution is 2.38. The average molecular weight is 685 g/mol. The number of fused-ring (bicyclic) bond motifs is 1. The largest absolute Gasteiger partial charge is 0.451 e. The molecule has 3 unspecified atom stereocenters. The minimum absolute atomic E-state index is 0.0679. The molecule has 4 aromatic carbocycles. The monoisotopic (exact) mass is 684 g/mol. The van der Waals surface area contributed by atoms with Crippen LogP contribution >= 0.6 is 0 Å². The first-order chi connectivity index (χ1) is 25.0. The van der Waals surface area contributed by atoms with Gasteiger partial charge in [0.15, 0.2) is 24.1 Å². The van der Waals surface area contributed by atoms with E-state index in [1.165, 1.54) is 47.0 Å². The lowest BCUT2D eigenvalue weighted by Crippen LogP contribution is -2.60. The summed E-state index contributed by atoms with van der Waals surface area (Å²) in [6.07, 6.45) is -4.86. The van der Waals surface area contributed by atoms with Crippen LogP contribution in [0.4, 0.5) is 0 Å². The van der Waals surface area contributed by atoms with E-state index >= 15 is 0 Å². The number of hydrogen-bond donors (Lipinski definition) is 0. The molecule has 1 saturated heterocycles. The molecule has 5 atom stereocenters. The predicted molar refractivity (Wildman–Crippen MR) is 177 cm³/mol. The van der Waals surface area contributed by atoms with Crippen molar-refractivity contribution in [2.75, 3.05) is 0 Å². The van der Waals surface area contributed by atoms with E-state index < -0.39 is 54.6 Å². The third-order valence-corrected chi connectivity index (χ3v) is 7.96. The van der Waals surface area contributed by atoms with Gasteiger partial charge in [-0.2, -0.15) is 0 Å². The van der Waals surface area contributed by atoms with Crippen molar-refractivity contribution >= 4 is 29.7 Å². The zero-order chi connectivity index (χ0) is 35.2. The van der Waals surface area contributed by atoms with Crippen LogP contribution in [0.5, 0.6) is 0 Å². The molecule has 1 fully saturated rings. The highest BCUT2D eigenvalue weighted by Gasteiger charge is 2.56. The Morgan fingerprint density at radius 3 is 1.43 bits per heavy atom. The van der Waals surface area contributed by atoms with Gasteiger partial charge in [-0.3, -0.25) is 4.40 Å². The van der Waals surface area contributed by atoms with Crippen LogP contribution < -0.4 is 0 Å². The number of benzene rings is 4. The van der Waals surface area contributed by atoms with Gasteiger partial charge in [0.05, 0.1) is 22.3 Å². The van der Waals surface area contributed by atoms with Crippen molar-refractivity contribution in [2.45, 2.75) is 30.7 Å². The Balaban J connectivity index is 1.37. The predicted octanol–water partition coefficient (Wildman–Crippen LogP) is 5.06.